The molecule has 0 aliphatic rings. The van der Waals surface area contributed by atoms with E-state index in [-0.39, 0.29) is 17.0 Å². The van der Waals surface area contributed by atoms with Gasteiger partial charge in [-0.25, -0.2) is 4.79 Å². The zero-order chi connectivity index (χ0) is 18.0. The van der Waals surface area contributed by atoms with E-state index in [0.29, 0.717) is 0 Å². The molecule has 0 aliphatic carbocycles. The second kappa shape index (κ2) is 6.34. The molecule has 0 unspecified atom stereocenters. The maximum absolute atomic E-state index is 13.4. The Hall–Kier alpha value is -3.24. The molecule has 25 heavy (non-hydrogen) atoms. The number of aromatic nitrogens is 6. The molecule has 130 valence electrons. The fourth-order valence-corrected chi connectivity index (χ4v) is 2.17. The van der Waals surface area contributed by atoms with Crippen molar-refractivity contribution in [3.8, 4) is 11.4 Å². The van der Waals surface area contributed by atoms with E-state index in [1.807, 2.05) is 0 Å². The van der Waals surface area contributed by atoms with Gasteiger partial charge in [-0.3, -0.25) is 0 Å². The summed E-state index contributed by atoms with van der Waals surface area (Å²) in [7, 11) is 1.35. The van der Waals surface area contributed by atoms with Crippen LogP contribution in [0.2, 0.25) is 0 Å². The van der Waals surface area contributed by atoms with Crippen molar-refractivity contribution in [1.29, 1.82) is 0 Å². The Kier molecular flexibility index (Phi) is 4.21. The molecule has 2 aromatic heterocycles. The van der Waals surface area contributed by atoms with Crippen LogP contribution in [0.4, 0.5) is 13.2 Å². The van der Waals surface area contributed by atoms with Gasteiger partial charge in [0.15, 0.2) is 0 Å². The third kappa shape index (κ3) is 3.34. The lowest BCUT2D eigenvalue weighted by Crippen LogP contribution is -2.24. The Labute approximate surface area is 138 Å². The van der Waals surface area contributed by atoms with E-state index in [1.165, 1.54) is 37.6 Å². The van der Waals surface area contributed by atoms with Gasteiger partial charge in [-0.05, 0) is 22.6 Å². The van der Waals surface area contributed by atoms with Gasteiger partial charge in [0.1, 0.15) is 12.4 Å². The van der Waals surface area contributed by atoms with Gasteiger partial charge < -0.3 is 4.74 Å². The highest BCUT2D eigenvalue weighted by Crippen LogP contribution is 2.34. The van der Waals surface area contributed by atoms with Crippen molar-refractivity contribution in [2.24, 2.45) is 7.05 Å². The fourth-order valence-electron chi connectivity index (χ4n) is 2.17. The summed E-state index contributed by atoms with van der Waals surface area (Å²) in [6.45, 7) is -0.445. The number of hydrogen-bond acceptors (Lipinski definition) is 6. The van der Waals surface area contributed by atoms with Crippen LogP contribution in [0.15, 0.2) is 41.5 Å². The maximum Gasteiger partial charge on any atom is 0.416 e. The van der Waals surface area contributed by atoms with Gasteiger partial charge in [-0.2, -0.15) is 32.7 Å². The molecule has 0 radical (unpaired) electrons. The molecular formula is C14H11F3N6O2. The number of ether oxygens (including phenoxy) is 1. The van der Waals surface area contributed by atoms with Gasteiger partial charge in [0, 0.05) is 18.7 Å². The zero-order valence-electron chi connectivity index (χ0n) is 12.8. The first-order valence-electron chi connectivity index (χ1n) is 6.96. The van der Waals surface area contributed by atoms with Crippen LogP contribution in [-0.4, -0.2) is 30.0 Å². The largest absolute Gasteiger partial charge is 0.487 e. The monoisotopic (exact) mass is 352 g/mol. The Morgan fingerprint density at radius 3 is 2.56 bits per heavy atom. The first-order chi connectivity index (χ1) is 11.9. The Balaban J connectivity index is 2.09. The molecule has 0 N–H and O–H groups in total. The van der Waals surface area contributed by atoms with Crippen LogP contribution in [0.3, 0.4) is 0 Å². The van der Waals surface area contributed by atoms with Crippen molar-refractivity contribution in [2.45, 2.75) is 12.8 Å². The maximum atomic E-state index is 13.4. The minimum absolute atomic E-state index is 0.0602. The highest BCUT2D eigenvalue weighted by molar-refractivity contribution is 5.46. The Bertz CT molecular complexity index is 936. The van der Waals surface area contributed by atoms with Gasteiger partial charge >= 0.3 is 11.9 Å². The molecule has 0 bridgehead atoms. The number of benzene rings is 1. The fraction of sp³-hybridized carbons (Fsp3) is 0.214. The van der Waals surface area contributed by atoms with Gasteiger partial charge in [-0.1, -0.05) is 6.07 Å². The van der Waals surface area contributed by atoms with E-state index in [9.17, 15) is 18.0 Å². The van der Waals surface area contributed by atoms with Crippen LogP contribution in [0.25, 0.3) is 5.69 Å². The van der Waals surface area contributed by atoms with Crippen molar-refractivity contribution < 1.29 is 17.9 Å². The first-order valence-corrected chi connectivity index (χ1v) is 6.96. The predicted octanol–water partition coefficient (Wildman–Crippen LogP) is 1.35. The SMILES string of the molecule is Cn1nnn(-c2cccc(C(F)(F)F)c2COc2ccnnc2)c1=O. The minimum Gasteiger partial charge on any atom is -0.487 e. The molecule has 0 spiro atoms. The van der Waals surface area contributed by atoms with E-state index in [0.717, 1.165) is 15.4 Å². The molecule has 3 aromatic rings. The summed E-state index contributed by atoms with van der Waals surface area (Å²) < 4.78 is 47.2. The quantitative estimate of drug-likeness (QED) is 0.704. The van der Waals surface area contributed by atoms with Gasteiger partial charge in [0.25, 0.3) is 0 Å². The van der Waals surface area contributed by atoms with Crippen LogP contribution in [0.5, 0.6) is 5.75 Å². The van der Waals surface area contributed by atoms with Crippen LogP contribution in [0, 0.1) is 0 Å². The second-order valence-electron chi connectivity index (χ2n) is 4.96. The third-order valence-corrected chi connectivity index (χ3v) is 3.35. The molecule has 1 aromatic carbocycles. The summed E-state index contributed by atoms with van der Waals surface area (Å²) in [6, 6.07) is 4.90. The predicted molar refractivity (Wildman–Crippen MR) is 78.0 cm³/mol. The number of halogens is 3. The standard InChI is InChI=1S/C14H11F3N6O2/c1-22-13(24)23(21-20-22)12-4-2-3-11(14(15,16)17)10(12)8-25-9-5-6-18-19-7-9/h2-7H,8H2,1H3. The topological polar surface area (TPSA) is 87.7 Å². The summed E-state index contributed by atoms with van der Waals surface area (Å²) in [5.41, 5.74) is -1.90. The number of alkyl halides is 3. The number of tetrazole rings is 1. The number of nitrogens with zero attached hydrogens (tertiary/aromatic N) is 6. The average Bonchev–Trinajstić information content (AvgIpc) is 2.92. The van der Waals surface area contributed by atoms with E-state index >= 15 is 0 Å². The molecular weight excluding hydrogens is 341 g/mol. The summed E-state index contributed by atoms with van der Waals surface area (Å²) in [6.07, 6.45) is -2.01. The van der Waals surface area contributed by atoms with Crippen LogP contribution in [0.1, 0.15) is 11.1 Å². The molecule has 0 saturated heterocycles. The Morgan fingerprint density at radius 1 is 1.16 bits per heavy atom. The third-order valence-electron chi connectivity index (χ3n) is 3.35. The van der Waals surface area contributed by atoms with Crippen molar-refractivity contribution in [3.63, 3.8) is 0 Å². The van der Waals surface area contributed by atoms with Crippen molar-refractivity contribution >= 4 is 0 Å². The Morgan fingerprint density at radius 2 is 1.96 bits per heavy atom. The van der Waals surface area contributed by atoms with Crippen molar-refractivity contribution in [1.82, 2.24) is 30.0 Å². The number of rotatable bonds is 4. The zero-order valence-corrected chi connectivity index (χ0v) is 12.8. The highest BCUT2D eigenvalue weighted by Gasteiger charge is 2.35. The van der Waals surface area contributed by atoms with E-state index in [2.05, 4.69) is 20.6 Å². The van der Waals surface area contributed by atoms with Crippen molar-refractivity contribution in [3.05, 3.63) is 58.3 Å². The molecule has 0 amide bonds. The van der Waals surface area contributed by atoms with Crippen LogP contribution in [-0.2, 0) is 19.8 Å². The normalized spacial score (nSPS) is 11.5. The molecule has 11 heteroatoms. The summed E-state index contributed by atoms with van der Waals surface area (Å²) in [4.78, 5) is 12.0. The number of hydrogen-bond donors (Lipinski definition) is 0. The van der Waals surface area contributed by atoms with E-state index < -0.39 is 24.0 Å². The molecule has 8 nitrogen and oxygen atoms in total. The minimum atomic E-state index is -4.63. The van der Waals surface area contributed by atoms with Crippen LogP contribution >= 0.6 is 0 Å². The van der Waals surface area contributed by atoms with Crippen molar-refractivity contribution in [2.75, 3.05) is 0 Å². The van der Waals surface area contributed by atoms with E-state index in [1.54, 1.807) is 0 Å². The van der Waals surface area contributed by atoms with E-state index in [4.69, 9.17) is 4.74 Å². The highest BCUT2D eigenvalue weighted by atomic mass is 19.4. The molecule has 0 aliphatic heterocycles. The first kappa shape index (κ1) is 16.6. The smallest absolute Gasteiger partial charge is 0.416 e. The summed E-state index contributed by atoms with van der Waals surface area (Å²) in [5, 5.41) is 14.3. The average molecular weight is 352 g/mol. The summed E-state index contributed by atoms with van der Waals surface area (Å²) in [5.74, 6) is 0.240. The lowest BCUT2D eigenvalue weighted by molar-refractivity contribution is -0.138. The van der Waals surface area contributed by atoms with Gasteiger partial charge in [-0.15, -0.1) is 0 Å². The molecule has 0 atom stereocenters. The van der Waals surface area contributed by atoms with Gasteiger partial charge in [0.05, 0.1) is 23.6 Å². The number of aryl methyl sites for hydroxylation is 1. The molecule has 3 rings (SSSR count). The second-order valence-corrected chi connectivity index (χ2v) is 4.96. The van der Waals surface area contributed by atoms with Crippen LogP contribution < -0.4 is 10.4 Å². The molecule has 0 saturated carbocycles. The lowest BCUT2D eigenvalue weighted by atomic mass is 10.1. The molecule has 2 heterocycles. The lowest BCUT2D eigenvalue weighted by Gasteiger charge is -2.16. The van der Waals surface area contributed by atoms with Gasteiger partial charge in [0.2, 0.25) is 0 Å². The summed E-state index contributed by atoms with van der Waals surface area (Å²) >= 11 is 0. The molecule has 0 fully saturated rings.